The van der Waals surface area contributed by atoms with Crippen molar-refractivity contribution in [3.63, 3.8) is 0 Å². The lowest BCUT2D eigenvalue weighted by molar-refractivity contribution is 0.308. The van der Waals surface area contributed by atoms with E-state index < -0.39 is 0 Å². The van der Waals surface area contributed by atoms with E-state index in [1.807, 2.05) is 0 Å². The van der Waals surface area contributed by atoms with Gasteiger partial charge >= 0.3 is 0 Å². The summed E-state index contributed by atoms with van der Waals surface area (Å²) >= 11 is 0. The molecule has 0 amide bonds. The fourth-order valence-corrected chi connectivity index (χ4v) is 1.64. The Morgan fingerprint density at radius 1 is 1.54 bits per heavy atom. The Hall–Kier alpha value is -1.32. The lowest BCUT2D eigenvalue weighted by Crippen LogP contribution is -2.34. The van der Waals surface area contributed by atoms with Gasteiger partial charge in [0, 0.05) is 12.2 Å². The van der Waals surface area contributed by atoms with E-state index in [9.17, 15) is 0 Å². The molecule has 1 aromatic heterocycles. The van der Waals surface area contributed by atoms with Crippen molar-refractivity contribution in [2.45, 2.75) is 25.8 Å². The zero-order valence-corrected chi connectivity index (χ0v) is 7.70. The van der Waals surface area contributed by atoms with E-state index >= 15 is 0 Å². The number of hydrogen-bond acceptors (Lipinski definition) is 4. The van der Waals surface area contributed by atoms with E-state index in [0.29, 0.717) is 17.8 Å². The van der Waals surface area contributed by atoms with Gasteiger partial charge in [0.2, 0.25) is 5.95 Å². The SMILES string of the molecule is CC1CC(Nc2nccc(N)n2)C1. The first kappa shape index (κ1) is 8.29. The summed E-state index contributed by atoms with van der Waals surface area (Å²) in [5.74, 6) is 2.00. The van der Waals surface area contributed by atoms with Crippen LogP contribution in [0.15, 0.2) is 12.3 Å². The molecule has 0 aliphatic heterocycles. The molecule has 1 saturated carbocycles. The second kappa shape index (κ2) is 3.20. The smallest absolute Gasteiger partial charge is 0.224 e. The number of nitrogen functional groups attached to an aromatic ring is 1. The van der Waals surface area contributed by atoms with E-state index in [4.69, 9.17) is 5.73 Å². The summed E-state index contributed by atoms with van der Waals surface area (Å²) < 4.78 is 0. The molecule has 70 valence electrons. The molecule has 1 aliphatic carbocycles. The van der Waals surface area contributed by atoms with Gasteiger partial charge in [-0.25, -0.2) is 4.98 Å². The molecular weight excluding hydrogens is 164 g/mol. The molecular formula is C9H14N4. The molecule has 2 rings (SSSR count). The van der Waals surface area contributed by atoms with E-state index in [1.165, 1.54) is 12.8 Å². The van der Waals surface area contributed by atoms with Crippen LogP contribution in [0.25, 0.3) is 0 Å². The number of nitrogens with one attached hydrogen (secondary N) is 1. The normalized spacial score (nSPS) is 26.5. The van der Waals surface area contributed by atoms with Crippen molar-refractivity contribution in [3.05, 3.63) is 12.3 Å². The fraction of sp³-hybridized carbons (Fsp3) is 0.556. The van der Waals surface area contributed by atoms with Gasteiger partial charge < -0.3 is 11.1 Å². The average molecular weight is 178 g/mol. The van der Waals surface area contributed by atoms with Gasteiger partial charge in [0.05, 0.1) is 0 Å². The molecule has 0 unspecified atom stereocenters. The maximum Gasteiger partial charge on any atom is 0.224 e. The zero-order valence-electron chi connectivity index (χ0n) is 7.70. The standard InChI is InChI=1S/C9H14N4/c1-6-4-7(5-6)12-9-11-3-2-8(10)13-9/h2-3,6-7H,4-5H2,1H3,(H3,10,11,12,13). The summed E-state index contributed by atoms with van der Waals surface area (Å²) in [4.78, 5) is 8.16. The maximum atomic E-state index is 5.53. The molecule has 1 fully saturated rings. The first-order valence-electron chi connectivity index (χ1n) is 4.59. The molecule has 0 atom stereocenters. The fourth-order valence-electron chi connectivity index (χ4n) is 1.64. The number of aromatic nitrogens is 2. The maximum absolute atomic E-state index is 5.53. The van der Waals surface area contributed by atoms with Crippen LogP contribution < -0.4 is 11.1 Å². The molecule has 0 aromatic carbocycles. The average Bonchev–Trinajstić information content (AvgIpc) is 2.01. The van der Waals surface area contributed by atoms with Gasteiger partial charge in [0.1, 0.15) is 5.82 Å². The molecule has 4 nitrogen and oxygen atoms in total. The highest BCUT2D eigenvalue weighted by Gasteiger charge is 2.25. The lowest BCUT2D eigenvalue weighted by atomic mass is 9.82. The highest BCUT2D eigenvalue weighted by atomic mass is 15.1. The first-order valence-corrected chi connectivity index (χ1v) is 4.59. The van der Waals surface area contributed by atoms with Crippen LogP contribution in [0.3, 0.4) is 0 Å². The molecule has 3 N–H and O–H groups in total. The van der Waals surface area contributed by atoms with Gasteiger partial charge in [-0.1, -0.05) is 6.92 Å². The third-order valence-electron chi connectivity index (χ3n) is 2.38. The third-order valence-corrected chi connectivity index (χ3v) is 2.38. The van der Waals surface area contributed by atoms with Crippen molar-refractivity contribution in [2.24, 2.45) is 5.92 Å². The van der Waals surface area contributed by atoms with Gasteiger partial charge in [0.15, 0.2) is 0 Å². The van der Waals surface area contributed by atoms with E-state index in [1.54, 1.807) is 12.3 Å². The number of rotatable bonds is 2. The predicted octanol–water partition coefficient (Wildman–Crippen LogP) is 1.27. The largest absolute Gasteiger partial charge is 0.384 e. The van der Waals surface area contributed by atoms with Crippen molar-refractivity contribution in [2.75, 3.05) is 11.1 Å². The monoisotopic (exact) mass is 178 g/mol. The van der Waals surface area contributed by atoms with Crippen LogP contribution >= 0.6 is 0 Å². The molecule has 1 aliphatic rings. The van der Waals surface area contributed by atoms with Crippen LogP contribution in [0.2, 0.25) is 0 Å². The highest BCUT2D eigenvalue weighted by Crippen LogP contribution is 2.28. The molecule has 0 saturated heterocycles. The van der Waals surface area contributed by atoms with E-state index in [0.717, 1.165) is 5.92 Å². The number of nitrogens with two attached hydrogens (primary N) is 1. The van der Waals surface area contributed by atoms with Crippen LogP contribution in [0.5, 0.6) is 0 Å². The summed E-state index contributed by atoms with van der Waals surface area (Å²) in [5.41, 5.74) is 5.53. The predicted molar refractivity (Wildman–Crippen MR) is 52.3 cm³/mol. The van der Waals surface area contributed by atoms with Crippen LogP contribution in [-0.2, 0) is 0 Å². The minimum Gasteiger partial charge on any atom is -0.384 e. The molecule has 0 radical (unpaired) electrons. The number of hydrogen-bond donors (Lipinski definition) is 2. The Bertz CT molecular complexity index is 293. The van der Waals surface area contributed by atoms with Crippen LogP contribution in [0.4, 0.5) is 11.8 Å². The van der Waals surface area contributed by atoms with Gasteiger partial charge in [-0.05, 0) is 24.8 Å². The molecule has 1 aromatic rings. The minimum absolute atomic E-state index is 0.518. The summed E-state index contributed by atoms with van der Waals surface area (Å²) in [6.45, 7) is 2.25. The quantitative estimate of drug-likeness (QED) is 0.715. The van der Waals surface area contributed by atoms with Crippen molar-refractivity contribution in [1.82, 2.24) is 9.97 Å². The van der Waals surface area contributed by atoms with Gasteiger partial charge in [-0.2, -0.15) is 4.98 Å². The zero-order chi connectivity index (χ0) is 9.26. The Morgan fingerprint density at radius 2 is 2.31 bits per heavy atom. The molecule has 1 heterocycles. The molecule has 4 heteroatoms. The molecule has 0 bridgehead atoms. The molecule has 13 heavy (non-hydrogen) atoms. The van der Waals surface area contributed by atoms with Gasteiger partial charge in [0.25, 0.3) is 0 Å². The van der Waals surface area contributed by atoms with Crippen molar-refractivity contribution >= 4 is 11.8 Å². The summed E-state index contributed by atoms with van der Waals surface area (Å²) in [7, 11) is 0. The Balaban J connectivity index is 1.94. The van der Waals surface area contributed by atoms with Gasteiger partial charge in [-0.3, -0.25) is 0 Å². The highest BCUT2D eigenvalue weighted by molar-refractivity contribution is 5.36. The van der Waals surface area contributed by atoms with Gasteiger partial charge in [-0.15, -0.1) is 0 Å². The Labute approximate surface area is 77.6 Å². The first-order chi connectivity index (χ1) is 6.24. The second-order valence-electron chi connectivity index (χ2n) is 3.72. The van der Waals surface area contributed by atoms with E-state index in [-0.39, 0.29) is 0 Å². The van der Waals surface area contributed by atoms with Crippen LogP contribution in [0.1, 0.15) is 19.8 Å². The Kier molecular flexibility index (Phi) is 2.04. The van der Waals surface area contributed by atoms with Crippen molar-refractivity contribution in [3.8, 4) is 0 Å². The lowest BCUT2D eigenvalue weighted by Gasteiger charge is -2.33. The number of anilines is 2. The number of nitrogens with zero attached hydrogens (tertiary/aromatic N) is 2. The van der Waals surface area contributed by atoms with Crippen molar-refractivity contribution in [1.29, 1.82) is 0 Å². The minimum atomic E-state index is 0.518. The van der Waals surface area contributed by atoms with Crippen molar-refractivity contribution < 1.29 is 0 Å². The summed E-state index contributed by atoms with van der Waals surface area (Å²) in [6.07, 6.45) is 4.09. The third kappa shape index (κ3) is 1.88. The summed E-state index contributed by atoms with van der Waals surface area (Å²) in [6, 6.07) is 2.23. The van der Waals surface area contributed by atoms with E-state index in [2.05, 4.69) is 22.2 Å². The second-order valence-corrected chi connectivity index (χ2v) is 3.72. The van der Waals surface area contributed by atoms with Crippen LogP contribution in [0, 0.1) is 5.92 Å². The topological polar surface area (TPSA) is 63.8 Å². The summed E-state index contributed by atoms with van der Waals surface area (Å²) in [5, 5.41) is 3.25. The Morgan fingerprint density at radius 3 is 2.92 bits per heavy atom. The molecule has 0 spiro atoms. The van der Waals surface area contributed by atoms with Crippen LogP contribution in [-0.4, -0.2) is 16.0 Å².